The monoisotopic (exact) mass is 322 g/mol. The lowest BCUT2D eigenvalue weighted by molar-refractivity contribution is 0.507. The van der Waals surface area contributed by atoms with Gasteiger partial charge in [0.05, 0.1) is 4.83 Å². The molecule has 1 aliphatic carbocycles. The van der Waals surface area contributed by atoms with Crippen molar-refractivity contribution in [1.29, 1.82) is 0 Å². The molecule has 0 bridgehead atoms. The molecule has 0 saturated heterocycles. The molecule has 0 N–H and O–H groups in total. The maximum absolute atomic E-state index is 13.3. The van der Waals surface area contributed by atoms with Gasteiger partial charge in [-0.3, -0.25) is 0 Å². The van der Waals surface area contributed by atoms with E-state index in [9.17, 15) is 8.78 Å². The van der Waals surface area contributed by atoms with Gasteiger partial charge in [-0.25, -0.2) is 8.78 Å². The molecular weight excluding hydrogens is 310 g/mol. The molecule has 0 heterocycles. The minimum absolute atomic E-state index is 0.103. The number of halogens is 3. The van der Waals surface area contributed by atoms with Gasteiger partial charge < -0.3 is 0 Å². The van der Waals surface area contributed by atoms with Crippen LogP contribution in [0.25, 0.3) is 0 Å². The lowest BCUT2D eigenvalue weighted by Gasteiger charge is -2.13. The molecule has 1 unspecified atom stereocenters. The highest BCUT2D eigenvalue weighted by Gasteiger charge is 2.16. The summed E-state index contributed by atoms with van der Waals surface area (Å²) >= 11 is 3.57. The van der Waals surface area contributed by atoms with Crippen molar-refractivity contribution in [3.8, 4) is 0 Å². The first kappa shape index (κ1) is 12.8. The molecule has 0 saturated carbocycles. The molecule has 0 aliphatic heterocycles. The Kier molecular flexibility index (Phi) is 3.40. The van der Waals surface area contributed by atoms with Gasteiger partial charge in [0.1, 0.15) is 0 Å². The zero-order valence-corrected chi connectivity index (χ0v) is 11.9. The molecule has 3 rings (SSSR count). The molecule has 2 aromatic carbocycles. The SMILES string of the molecule is Fc1ccc(C(Br)c2ccc3c(c2)CCC3)cc1F. The van der Waals surface area contributed by atoms with Gasteiger partial charge in [0.2, 0.25) is 0 Å². The number of alkyl halides is 1. The summed E-state index contributed by atoms with van der Waals surface area (Å²) in [4.78, 5) is -0.103. The normalized spacial score (nSPS) is 15.3. The molecule has 0 nitrogen and oxygen atoms in total. The summed E-state index contributed by atoms with van der Waals surface area (Å²) in [6.45, 7) is 0. The fraction of sp³-hybridized carbons (Fsp3) is 0.250. The smallest absolute Gasteiger partial charge is 0.159 e. The van der Waals surface area contributed by atoms with Crippen molar-refractivity contribution in [3.05, 3.63) is 70.3 Å². The molecule has 3 heteroatoms. The molecule has 98 valence electrons. The Morgan fingerprint density at radius 1 is 0.842 bits per heavy atom. The Balaban J connectivity index is 1.94. The highest BCUT2D eigenvalue weighted by Crippen LogP contribution is 2.34. The average Bonchev–Trinajstić information content (AvgIpc) is 2.88. The average molecular weight is 323 g/mol. The molecule has 0 fully saturated rings. The van der Waals surface area contributed by atoms with Crippen LogP contribution in [0.4, 0.5) is 8.78 Å². The van der Waals surface area contributed by atoms with Gasteiger partial charge in [-0.1, -0.05) is 40.2 Å². The second-order valence-electron chi connectivity index (χ2n) is 4.92. The van der Waals surface area contributed by atoms with Crippen LogP contribution < -0.4 is 0 Å². The summed E-state index contributed by atoms with van der Waals surface area (Å²) in [5.74, 6) is -1.61. The Labute approximate surface area is 119 Å². The number of fused-ring (bicyclic) bond motifs is 1. The summed E-state index contributed by atoms with van der Waals surface area (Å²) in [6.07, 6.45) is 3.46. The first-order valence-corrected chi connectivity index (χ1v) is 7.27. The summed E-state index contributed by atoms with van der Waals surface area (Å²) in [7, 11) is 0. The first-order chi connectivity index (χ1) is 9.15. The Morgan fingerprint density at radius 2 is 1.53 bits per heavy atom. The summed E-state index contributed by atoms with van der Waals surface area (Å²) in [5, 5.41) is 0. The molecule has 0 aromatic heterocycles. The van der Waals surface area contributed by atoms with E-state index in [1.54, 1.807) is 6.07 Å². The summed E-state index contributed by atoms with van der Waals surface area (Å²) < 4.78 is 26.2. The second kappa shape index (κ2) is 5.04. The van der Waals surface area contributed by atoms with Crippen LogP contribution in [0.1, 0.15) is 33.5 Å². The minimum atomic E-state index is -0.808. The zero-order chi connectivity index (χ0) is 13.4. The molecular formula is C16H13BrF2. The van der Waals surface area contributed by atoms with Gasteiger partial charge in [-0.15, -0.1) is 0 Å². The van der Waals surface area contributed by atoms with Crippen LogP contribution in [-0.2, 0) is 12.8 Å². The van der Waals surface area contributed by atoms with Gasteiger partial charge in [0, 0.05) is 0 Å². The largest absolute Gasteiger partial charge is 0.204 e. The van der Waals surface area contributed by atoms with E-state index in [1.807, 2.05) is 0 Å². The van der Waals surface area contributed by atoms with E-state index in [0.717, 1.165) is 24.0 Å². The summed E-state index contributed by atoms with van der Waals surface area (Å²) in [5.41, 5.74) is 4.61. The molecule has 1 atom stereocenters. The van der Waals surface area contributed by atoms with Crippen LogP contribution in [0.3, 0.4) is 0 Å². The Bertz CT molecular complexity index is 622. The number of hydrogen-bond donors (Lipinski definition) is 0. The predicted molar refractivity (Wildman–Crippen MR) is 75.6 cm³/mol. The van der Waals surface area contributed by atoms with Crippen molar-refractivity contribution in [1.82, 2.24) is 0 Å². The fourth-order valence-corrected chi connectivity index (χ4v) is 3.18. The van der Waals surface area contributed by atoms with E-state index in [2.05, 4.69) is 34.1 Å². The van der Waals surface area contributed by atoms with E-state index < -0.39 is 11.6 Å². The van der Waals surface area contributed by atoms with E-state index in [-0.39, 0.29) is 4.83 Å². The van der Waals surface area contributed by atoms with Crippen LogP contribution >= 0.6 is 15.9 Å². The maximum Gasteiger partial charge on any atom is 0.159 e. The van der Waals surface area contributed by atoms with E-state index in [1.165, 1.54) is 29.7 Å². The number of aryl methyl sites for hydroxylation is 2. The third kappa shape index (κ3) is 2.44. The van der Waals surface area contributed by atoms with E-state index in [4.69, 9.17) is 0 Å². The van der Waals surface area contributed by atoms with E-state index >= 15 is 0 Å². The van der Waals surface area contributed by atoms with Gasteiger partial charge >= 0.3 is 0 Å². The number of benzene rings is 2. The fourth-order valence-electron chi connectivity index (χ4n) is 2.61. The predicted octanol–water partition coefficient (Wildman–Crippen LogP) is 4.94. The molecule has 0 amide bonds. The molecule has 1 aliphatic rings. The topological polar surface area (TPSA) is 0 Å². The molecule has 19 heavy (non-hydrogen) atoms. The van der Waals surface area contributed by atoms with Crippen LogP contribution in [-0.4, -0.2) is 0 Å². The van der Waals surface area contributed by atoms with Crippen molar-refractivity contribution in [2.45, 2.75) is 24.1 Å². The van der Waals surface area contributed by atoms with Gasteiger partial charge in [-0.05, 0) is 53.6 Å². The molecule has 0 spiro atoms. The molecule has 2 aromatic rings. The lowest BCUT2D eigenvalue weighted by atomic mass is 10.0. The molecule has 0 radical (unpaired) electrons. The van der Waals surface area contributed by atoms with Crippen molar-refractivity contribution in [2.75, 3.05) is 0 Å². The van der Waals surface area contributed by atoms with Crippen LogP contribution in [0.2, 0.25) is 0 Å². The van der Waals surface area contributed by atoms with Crippen molar-refractivity contribution >= 4 is 15.9 Å². The third-order valence-corrected chi connectivity index (χ3v) is 4.71. The zero-order valence-electron chi connectivity index (χ0n) is 10.3. The standard InChI is InChI=1S/C16H13BrF2/c17-16(13-6-7-14(18)15(19)9-13)12-5-4-10-2-1-3-11(10)8-12/h4-9,16H,1-3H2. The van der Waals surface area contributed by atoms with Crippen molar-refractivity contribution < 1.29 is 8.78 Å². The third-order valence-electron chi connectivity index (χ3n) is 3.65. The highest BCUT2D eigenvalue weighted by molar-refractivity contribution is 9.09. The van der Waals surface area contributed by atoms with Gasteiger partial charge in [0.15, 0.2) is 11.6 Å². The van der Waals surface area contributed by atoms with E-state index in [0.29, 0.717) is 0 Å². The van der Waals surface area contributed by atoms with Gasteiger partial charge in [0.25, 0.3) is 0 Å². The maximum atomic E-state index is 13.3. The van der Waals surface area contributed by atoms with Crippen LogP contribution in [0, 0.1) is 11.6 Å². The number of rotatable bonds is 2. The lowest BCUT2D eigenvalue weighted by Crippen LogP contribution is -1.96. The van der Waals surface area contributed by atoms with Crippen molar-refractivity contribution in [2.24, 2.45) is 0 Å². The summed E-state index contributed by atoms with van der Waals surface area (Å²) in [6, 6.07) is 10.4. The number of hydrogen-bond acceptors (Lipinski definition) is 0. The quantitative estimate of drug-likeness (QED) is 0.687. The highest BCUT2D eigenvalue weighted by atomic mass is 79.9. The van der Waals surface area contributed by atoms with Crippen LogP contribution in [0.15, 0.2) is 36.4 Å². The first-order valence-electron chi connectivity index (χ1n) is 6.36. The van der Waals surface area contributed by atoms with Gasteiger partial charge in [-0.2, -0.15) is 0 Å². The second-order valence-corrected chi connectivity index (χ2v) is 5.83. The van der Waals surface area contributed by atoms with Crippen LogP contribution in [0.5, 0.6) is 0 Å². The Hall–Kier alpha value is -1.22. The van der Waals surface area contributed by atoms with Crippen molar-refractivity contribution in [3.63, 3.8) is 0 Å². The Morgan fingerprint density at radius 3 is 2.32 bits per heavy atom. The minimum Gasteiger partial charge on any atom is -0.204 e.